The minimum atomic E-state index is -3.12. The molecule has 84 valence electrons. The largest absolute Gasteiger partial charge is 0.215 e. The number of rotatable bonds is 5. The molecule has 1 rings (SSSR count). The van der Waals surface area contributed by atoms with Crippen LogP contribution in [0.1, 0.15) is 19.4 Å². The number of nitrogens with one attached hydrogen (secondary N) is 1. The monoisotopic (exact) mass is 227 g/mol. The van der Waals surface area contributed by atoms with Crippen molar-refractivity contribution in [1.29, 1.82) is 0 Å². The molecule has 1 aromatic rings. The Morgan fingerprint density at radius 3 is 2.33 bits per heavy atom. The van der Waals surface area contributed by atoms with E-state index in [9.17, 15) is 8.42 Å². The van der Waals surface area contributed by atoms with Crippen molar-refractivity contribution in [2.75, 3.05) is 6.54 Å². The number of hydrogen-bond acceptors (Lipinski definition) is 2. The van der Waals surface area contributed by atoms with E-state index in [1.165, 1.54) is 0 Å². The lowest BCUT2D eigenvalue weighted by Crippen LogP contribution is -2.32. The molecule has 3 nitrogen and oxygen atoms in total. The van der Waals surface area contributed by atoms with E-state index in [2.05, 4.69) is 4.72 Å². The van der Waals surface area contributed by atoms with E-state index in [1.807, 2.05) is 30.3 Å². The van der Waals surface area contributed by atoms with Crippen LogP contribution in [-0.4, -0.2) is 20.2 Å². The van der Waals surface area contributed by atoms with Crippen molar-refractivity contribution >= 4 is 10.0 Å². The second-order valence-electron chi connectivity index (χ2n) is 3.72. The molecule has 0 spiro atoms. The lowest BCUT2D eigenvalue weighted by molar-refractivity contribution is 0.572. The van der Waals surface area contributed by atoms with Gasteiger partial charge >= 0.3 is 0 Å². The molecule has 4 heteroatoms. The first-order valence-corrected chi connectivity index (χ1v) is 6.59. The Kier molecular flexibility index (Phi) is 4.29. The summed E-state index contributed by atoms with van der Waals surface area (Å²) in [6.45, 7) is 3.81. The highest BCUT2D eigenvalue weighted by Gasteiger charge is 2.13. The fourth-order valence-electron chi connectivity index (χ4n) is 1.15. The van der Waals surface area contributed by atoms with Gasteiger partial charge in [0.25, 0.3) is 0 Å². The van der Waals surface area contributed by atoms with Crippen LogP contribution in [0, 0.1) is 0 Å². The molecule has 1 N–H and O–H groups in total. The summed E-state index contributed by atoms with van der Waals surface area (Å²) >= 11 is 0. The van der Waals surface area contributed by atoms with Crippen molar-refractivity contribution in [3.05, 3.63) is 35.9 Å². The molecule has 0 aliphatic rings. The highest BCUT2D eigenvalue weighted by Crippen LogP contribution is 2.00. The van der Waals surface area contributed by atoms with Crippen LogP contribution in [0.25, 0.3) is 0 Å². The fraction of sp³-hybridized carbons (Fsp3) is 0.455. The minimum Gasteiger partial charge on any atom is -0.215 e. The maximum absolute atomic E-state index is 11.4. The van der Waals surface area contributed by atoms with Gasteiger partial charge in [0.1, 0.15) is 0 Å². The standard InChI is InChI=1S/C11H17NO2S/c1-10(2)15(13,14)12-9-8-11-6-4-3-5-7-11/h3-7,10,12H,8-9H2,1-2H3. The number of benzene rings is 1. The Bertz CT molecular complexity index is 384. The average Bonchev–Trinajstić information content (AvgIpc) is 2.19. The molecule has 15 heavy (non-hydrogen) atoms. The van der Waals surface area contributed by atoms with Crippen LogP contribution in [0.3, 0.4) is 0 Å². The zero-order valence-electron chi connectivity index (χ0n) is 9.10. The van der Waals surface area contributed by atoms with E-state index in [0.717, 1.165) is 12.0 Å². The summed E-state index contributed by atoms with van der Waals surface area (Å²) in [7, 11) is -3.12. The zero-order valence-corrected chi connectivity index (χ0v) is 9.92. The number of sulfonamides is 1. The Labute approximate surface area is 91.6 Å². The third-order valence-electron chi connectivity index (χ3n) is 2.18. The summed E-state index contributed by atoms with van der Waals surface area (Å²) in [4.78, 5) is 0. The lowest BCUT2D eigenvalue weighted by atomic mass is 10.2. The fourth-order valence-corrected chi connectivity index (χ4v) is 1.87. The van der Waals surface area contributed by atoms with Crippen LogP contribution in [0.5, 0.6) is 0 Å². The normalized spacial score (nSPS) is 11.9. The third kappa shape index (κ3) is 4.01. The van der Waals surface area contributed by atoms with Gasteiger partial charge in [-0.15, -0.1) is 0 Å². The SMILES string of the molecule is CC(C)S(=O)(=O)NCCc1ccccc1. The Balaban J connectivity index is 2.41. The second-order valence-corrected chi connectivity index (χ2v) is 6.05. The Hall–Kier alpha value is -0.870. The van der Waals surface area contributed by atoms with E-state index in [4.69, 9.17) is 0 Å². The highest BCUT2D eigenvalue weighted by molar-refractivity contribution is 7.90. The first kappa shape index (κ1) is 12.2. The predicted octanol–water partition coefficient (Wildman–Crippen LogP) is 1.56. The minimum absolute atomic E-state index is 0.367. The third-order valence-corrected chi connectivity index (χ3v) is 4.03. The molecule has 0 fully saturated rings. The van der Waals surface area contributed by atoms with Crippen LogP contribution in [0.2, 0.25) is 0 Å². The smallest absolute Gasteiger partial charge is 0.213 e. The molecule has 0 aromatic heterocycles. The van der Waals surface area contributed by atoms with Gasteiger partial charge in [-0.2, -0.15) is 0 Å². The summed E-state index contributed by atoms with van der Waals surface area (Å²) in [5.41, 5.74) is 1.14. The lowest BCUT2D eigenvalue weighted by Gasteiger charge is -2.09. The van der Waals surface area contributed by atoms with Gasteiger partial charge in [0.2, 0.25) is 10.0 Å². The average molecular weight is 227 g/mol. The molecule has 0 atom stereocenters. The predicted molar refractivity (Wildman–Crippen MR) is 62.2 cm³/mol. The van der Waals surface area contributed by atoms with Gasteiger partial charge in [0.15, 0.2) is 0 Å². The summed E-state index contributed by atoms with van der Waals surface area (Å²) in [5, 5.41) is -0.367. The van der Waals surface area contributed by atoms with Crippen LogP contribution in [0.4, 0.5) is 0 Å². The summed E-state index contributed by atoms with van der Waals surface area (Å²) in [6.07, 6.45) is 0.729. The molecule has 0 bridgehead atoms. The quantitative estimate of drug-likeness (QED) is 0.829. The van der Waals surface area contributed by atoms with Gasteiger partial charge in [0, 0.05) is 6.54 Å². The zero-order chi connectivity index (χ0) is 11.3. The molecule has 0 amide bonds. The molecule has 0 saturated carbocycles. The van der Waals surface area contributed by atoms with E-state index in [0.29, 0.717) is 6.54 Å². The van der Waals surface area contributed by atoms with Crippen molar-refractivity contribution in [3.63, 3.8) is 0 Å². The first-order valence-electron chi connectivity index (χ1n) is 5.05. The van der Waals surface area contributed by atoms with Crippen LogP contribution < -0.4 is 4.72 Å². The van der Waals surface area contributed by atoms with E-state index < -0.39 is 10.0 Å². The van der Waals surface area contributed by atoms with E-state index >= 15 is 0 Å². The molecule has 1 aromatic carbocycles. The summed E-state index contributed by atoms with van der Waals surface area (Å²) in [5.74, 6) is 0. The van der Waals surface area contributed by atoms with Crippen molar-refractivity contribution in [2.45, 2.75) is 25.5 Å². The molecule has 0 aliphatic heterocycles. The van der Waals surface area contributed by atoms with Crippen molar-refractivity contribution in [3.8, 4) is 0 Å². The van der Waals surface area contributed by atoms with E-state index in [1.54, 1.807) is 13.8 Å². The van der Waals surface area contributed by atoms with Crippen molar-refractivity contribution in [1.82, 2.24) is 4.72 Å². The molecule has 0 heterocycles. The number of hydrogen-bond donors (Lipinski definition) is 1. The molecule has 0 radical (unpaired) electrons. The van der Waals surface area contributed by atoms with Gasteiger partial charge in [0.05, 0.1) is 5.25 Å². The van der Waals surface area contributed by atoms with Gasteiger partial charge in [-0.1, -0.05) is 30.3 Å². The van der Waals surface area contributed by atoms with Gasteiger partial charge in [-0.05, 0) is 25.8 Å². The molecular formula is C11H17NO2S. The topological polar surface area (TPSA) is 46.2 Å². The van der Waals surface area contributed by atoms with Crippen molar-refractivity contribution < 1.29 is 8.42 Å². The summed E-state index contributed by atoms with van der Waals surface area (Å²) in [6, 6.07) is 9.83. The summed E-state index contributed by atoms with van der Waals surface area (Å²) < 4.78 is 25.4. The second kappa shape index (κ2) is 5.28. The maximum atomic E-state index is 11.4. The van der Waals surface area contributed by atoms with Crippen LogP contribution in [-0.2, 0) is 16.4 Å². The van der Waals surface area contributed by atoms with Crippen molar-refractivity contribution in [2.24, 2.45) is 0 Å². The molecule has 0 saturated heterocycles. The molecular weight excluding hydrogens is 210 g/mol. The van der Waals surface area contributed by atoms with E-state index in [-0.39, 0.29) is 5.25 Å². The molecule has 0 unspecified atom stereocenters. The van der Waals surface area contributed by atoms with Gasteiger partial charge in [-0.3, -0.25) is 0 Å². The maximum Gasteiger partial charge on any atom is 0.213 e. The van der Waals surface area contributed by atoms with Crippen LogP contribution >= 0.6 is 0 Å². The van der Waals surface area contributed by atoms with Gasteiger partial charge in [-0.25, -0.2) is 13.1 Å². The molecule has 0 aliphatic carbocycles. The highest BCUT2D eigenvalue weighted by atomic mass is 32.2. The first-order chi connectivity index (χ1) is 7.02. The Morgan fingerprint density at radius 2 is 1.80 bits per heavy atom. The Morgan fingerprint density at radius 1 is 1.20 bits per heavy atom. The van der Waals surface area contributed by atoms with Crippen LogP contribution in [0.15, 0.2) is 30.3 Å². The van der Waals surface area contributed by atoms with Gasteiger partial charge < -0.3 is 0 Å².